The average Bonchev–Trinajstić information content (AvgIpc) is 3.28. The van der Waals surface area contributed by atoms with Crippen molar-refractivity contribution in [3.8, 4) is 11.3 Å². The summed E-state index contributed by atoms with van der Waals surface area (Å²) in [5.41, 5.74) is 0.605. The van der Waals surface area contributed by atoms with Crippen molar-refractivity contribution in [1.82, 2.24) is 10.0 Å². The van der Waals surface area contributed by atoms with E-state index in [4.69, 9.17) is 16.6 Å². The molecule has 0 atom stereocenters. The molecule has 2 aromatic rings. The molecule has 2 aliphatic rings. The number of hydrogen-bond donors (Lipinski definition) is 0. The predicted molar refractivity (Wildman–Crippen MR) is 112 cm³/mol. The van der Waals surface area contributed by atoms with Gasteiger partial charge in [0.1, 0.15) is 11.5 Å². The van der Waals surface area contributed by atoms with Crippen LogP contribution >= 0.6 is 24.0 Å². The summed E-state index contributed by atoms with van der Waals surface area (Å²) in [6.07, 6.45) is 2.29. The van der Waals surface area contributed by atoms with Gasteiger partial charge in [0.2, 0.25) is 11.8 Å². The molecular formula is C19H13N3O6S2. The molecule has 3 heterocycles. The first-order valence-electron chi connectivity index (χ1n) is 8.83. The van der Waals surface area contributed by atoms with Crippen molar-refractivity contribution in [1.29, 1.82) is 0 Å². The van der Waals surface area contributed by atoms with Crippen molar-refractivity contribution in [2.75, 3.05) is 0 Å². The molecule has 2 saturated heterocycles. The molecular weight excluding hydrogens is 430 g/mol. The summed E-state index contributed by atoms with van der Waals surface area (Å²) < 4.78 is 5.81. The van der Waals surface area contributed by atoms with Gasteiger partial charge in [-0.25, -0.2) is 0 Å². The standard InChI is InChI=1S/C19H13N3O6S2/c23-16-2-1-3-17(24)20(16)21-18(25)15(30-19(21)29)10-13-8-9-14(28-13)11-4-6-12(7-5-11)22(26)27/h4-10H,1-3H2/b15-10-. The minimum Gasteiger partial charge on any atom is -0.457 e. The van der Waals surface area contributed by atoms with E-state index in [1.54, 1.807) is 24.3 Å². The normalized spacial score (nSPS) is 18.6. The van der Waals surface area contributed by atoms with Crippen LogP contribution in [0.1, 0.15) is 25.0 Å². The van der Waals surface area contributed by atoms with E-state index < -0.39 is 22.6 Å². The highest BCUT2D eigenvalue weighted by Crippen LogP contribution is 2.36. The molecule has 0 spiro atoms. The Kier molecular flexibility index (Phi) is 5.22. The molecule has 2 aliphatic heterocycles. The molecule has 0 unspecified atom stereocenters. The number of non-ortho nitro benzene ring substituents is 1. The van der Waals surface area contributed by atoms with Crippen LogP contribution in [0.25, 0.3) is 17.4 Å². The van der Waals surface area contributed by atoms with Crippen LogP contribution in [0.5, 0.6) is 0 Å². The number of nitro benzene ring substituents is 1. The van der Waals surface area contributed by atoms with Gasteiger partial charge in [-0.3, -0.25) is 24.5 Å². The highest BCUT2D eigenvalue weighted by molar-refractivity contribution is 8.26. The van der Waals surface area contributed by atoms with E-state index >= 15 is 0 Å². The van der Waals surface area contributed by atoms with Gasteiger partial charge in [0.25, 0.3) is 11.6 Å². The SMILES string of the molecule is O=C1CCCC(=O)N1N1C(=O)/C(=C/c2ccc(-c3ccc([N+](=O)[O-])cc3)o2)SC1=S. The van der Waals surface area contributed by atoms with Crippen LogP contribution in [0.2, 0.25) is 0 Å². The van der Waals surface area contributed by atoms with E-state index in [1.165, 1.54) is 18.2 Å². The molecule has 0 aliphatic carbocycles. The zero-order chi connectivity index (χ0) is 21.4. The van der Waals surface area contributed by atoms with Gasteiger partial charge in [0, 0.05) is 36.6 Å². The Morgan fingerprint density at radius 3 is 2.33 bits per heavy atom. The number of hydrazine groups is 1. The molecule has 11 heteroatoms. The molecule has 30 heavy (non-hydrogen) atoms. The lowest BCUT2D eigenvalue weighted by molar-refractivity contribution is -0.384. The zero-order valence-corrected chi connectivity index (χ0v) is 16.9. The summed E-state index contributed by atoms with van der Waals surface area (Å²) >= 11 is 6.18. The third-order valence-corrected chi connectivity index (χ3v) is 5.77. The highest BCUT2D eigenvalue weighted by atomic mass is 32.2. The number of carbonyl (C=O) groups excluding carboxylic acids is 3. The summed E-state index contributed by atoms with van der Waals surface area (Å²) in [7, 11) is 0. The van der Waals surface area contributed by atoms with Gasteiger partial charge in [-0.15, -0.1) is 0 Å². The molecule has 9 nitrogen and oxygen atoms in total. The van der Waals surface area contributed by atoms with E-state index in [0.29, 0.717) is 23.5 Å². The molecule has 1 aromatic carbocycles. The number of rotatable bonds is 4. The smallest absolute Gasteiger partial charge is 0.285 e. The Bertz CT molecular complexity index is 1110. The van der Waals surface area contributed by atoms with Crippen molar-refractivity contribution in [3.05, 3.63) is 57.2 Å². The third kappa shape index (κ3) is 3.64. The van der Waals surface area contributed by atoms with Crippen molar-refractivity contribution in [2.24, 2.45) is 0 Å². The van der Waals surface area contributed by atoms with Gasteiger partial charge < -0.3 is 4.42 Å². The molecule has 0 saturated carbocycles. The number of piperidine rings is 1. The van der Waals surface area contributed by atoms with E-state index in [1.807, 2.05) is 0 Å². The fraction of sp³-hybridized carbons (Fsp3) is 0.158. The monoisotopic (exact) mass is 443 g/mol. The number of benzene rings is 1. The number of hydrogen-bond acceptors (Lipinski definition) is 8. The number of thiocarbonyl (C=S) groups is 1. The van der Waals surface area contributed by atoms with E-state index in [0.717, 1.165) is 21.8 Å². The average molecular weight is 443 g/mol. The summed E-state index contributed by atoms with van der Waals surface area (Å²) in [6, 6.07) is 9.18. The molecule has 0 N–H and O–H groups in total. The maximum Gasteiger partial charge on any atom is 0.285 e. The predicted octanol–water partition coefficient (Wildman–Crippen LogP) is 3.51. The number of imide groups is 1. The Balaban J connectivity index is 1.56. The number of carbonyl (C=O) groups is 3. The van der Waals surface area contributed by atoms with Gasteiger partial charge in [-0.1, -0.05) is 11.8 Å². The summed E-state index contributed by atoms with van der Waals surface area (Å²) in [5, 5.41) is 12.5. The largest absolute Gasteiger partial charge is 0.457 e. The molecule has 152 valence electrons. The van der Waals surface area contributed by atoms with Gasteiger partial charge in [0.05, 0.1) is 9.83 Å². The van der Waals surface area contributed by atoms with Crippen molar-refractivity contribution >= 4 is 57.8 Å². The summed E-state index contributed by atoms with van der Waals surface area (Å²) in [4.78, 5) is 47.6. The Labute approximate surface area is 179 Å². The minimum absolute atomic E-state index is 0.0315. The molecule has 0 radical (unpaired) electrons. The first-order chi connectivity index (χ1) is 14.3. The van der Waals surface area contributed by atoms with Gasteiger partial charge >= 0.3 is 0 Å². The van der Waals surface area contributed by atoms with Crippen LogP contribution in [0.4, 0.5) is 5.69 Å². The molecule has 2 fully saturated rings. The lowest BCUT2D eigenvalue weighted by Gasteiger charge is -2.31. The zero-order valence-electron chi connectivity index (χ0n) is 15.3. The quantitative estimate of drug-likeness (QED) is 0.232. The fourth-order valence-corrected chi connectivity index (χ4v) is 4.28. The second kappa shape index (κ2) is 7.84. The summed E-state index contributed by atoms with van der Waals surface area (Å²) in [5.74, 6) is -0.653. The number of amides is 3. The van der Waals surface area contributed by atoms with Gasteiger partial charge in [-0.2, -0.15) is 10.0 Å². The molecule has 0 bridgehead atoms. The van der Waals surface area contributed by atoms with Crippen LogP contribution in [0, 0.1) is 10.1 Å². The first kappa shape index (κ1) is 20.0. The van der Waals surface area contributed by atoms with E-state index in [-0.39, 0.29) is 27.8 Å². The third-order valence-electron chi connectivity index (χ3n) is 4.49. The van der Waals surface area contributed by atoms with E-state index in [9.17, 15) is 24.5 Å². The summed E-state index contributed by atoms with van der Waals surface area (Å²) in [6.45, 7) is 0. The maximum absolute atomic E-state index is 12.8. The highest BCUT2D eigenvalue weighted by Gasteiger charge is 2.42. The minimum atomic E-state index is -0.568. The lowest BCUT2D eigenvalue weighted by atomic mass is 10.1. The second-order valence-corrected chi connectivity index (χ2v) is 8.13. The molecule has 1 aromatic heterocycles. The Hall–Kier alpha value is -3.31. The maximum atomic E-state index is 12.8. The van der Waals surface area contributed by atoms with Gasteiger partial charge in [0.15, 0.2) is 4.32 Å². The lowest BCUT2D eigenvalue weighted by Crippen LogP contribution is -2.53. The topological polar surface area (TPSA) is 114 Å². The van der Waals surface area contributed by atoms with Crippen LogP contribution in [0.15, 0.2) is 45.7 Å². The fourth-order valence-electron chi connectivity index (χ4n) is 3.06. The Morgan fingerprint density at radius 1 is 1.03 bits per heavy atom. The Morgan fingerprint density at radius 2 is 1.70 bits per heavy atom. The van der Waals surface area contributed by atoms with Crippen molar-refractivity contribution < 1.29 is 23.7 Å². The van der Waals surface area contributed by atoms with Gasteiger partial charge in [-0.05, 0) is 42.9 Å². The first-order valence-corrected chi connectivity index (χ1v) is 10.1. The van der Waals surface area contributed by atoms with Crippen LogP contribution in [-0.2, 0) is 14.4 Å². The number of nitrogens with zero attached hydrogens (tertiary/aromatic N) is 3. The number of furan rings is 1. The van der Waals surface area contributed by atoms with E-state index in [2.05, 4.69) is 0 Å². The number of thioether (sulfide) groups is 1. The second-order valence-electron chi connectivity index (χ2n) is 6.45. The molecule has 4 rings (SSSR count). The van der Waals surface area contributed by atoms with Crippen LogP contribution < -0.4 is 0 Å². The number of nitro groups is 1. The van der Waals surface area contributed by atoms with Crippen LogP contribution in [0.3, 0.4) is 0 Å². The molecule has 3 amide bonds. The van der Waals surface area contributed by atoms with Crippen molar-refractivity contribution in [3.63, 3.8) is 0 Å². The van der Waals surface area contributed by atoms with Crippen LogP contribution in [-0.4, -0.2) is 37.0 Å². The van der Waals surface area contributed by atoms with Crippen molar-refractivity contribution in [2.45, 2.75) is 19.3 Å².